The van der Waals surface area contributed by atoms with Crippen molar-refractivity contribution in [3.63, 3.8) is 0 Å². The van der Waals surface area contributed by atoms with Gasteiger partial charge in [0, 0.05) is 21.2 Å². The zero-order chi connectivity index (χ0) is 19.9. The van der Waals surface area contributed by atoms with Crippen molar-refractivity contribution >= 4 is 47.0 Å². The average Bonchev–Trinajstić information content (AvgIpc) is 2.73. The Hall–Kier alpha value is -1.94. The maximum Gasteiger partial charge on any atom is 0.199 e. The Morgan fingerprint density at radius 3 is 2.18 bits per heavy atom. The summed E-state index contributed by atoms with van der Waals surface area (Å²) in [6.07, 6.45) is 4.03. The van der Waals surface area contributed by atoms with Gasteiger partial charge in [0.25, 0.3) is 0 Å². The molecule has 0 spiro atoms. The van der Waals surface area contributed by atoms with Crippen molar-refractivity contribution in [1.29, 1.82) is 0 Å². The minimum absolute atomic E-state index is 0.0164. The molecule has 0 aliphatic heterocycles. The van der Waals surface area contributed by atoms with Crippen LogP contribution >= 0.6 is 35.1 Å². The van der Waals surface area contributed by atoms with E-state index in [-0.39, 0.29) is 5.78 Å². The molecule has 0 N–H and O–H groups in total. The molecule has 0 bridgehead atoms. The fourth-order valence-electron chi connectivity index (χ4n) is 2.61. The first kappa shape index (κ1) is 20.8. The topological polar surface area (TPSA) is 17.1 Å². The molecule has 0 amide bonds. The van der Waals surface area contributed by atoms with Crippen LogP contribution in [-0.2, 0) is 5.75 Å². The van der Waals surface area contributed by atoms with Gasteiger partial charge in [-0.15, -0.1) is 23.5 Å². The van der Waals surface area contributed by atoms with Crippen LogP contribution < -0.4 is 0 Å². The molecule has 0 aromatic heterocycles. The number of aryl methyl sites for hydroxylation is 1. The van der Waals surface area contributed by atoms with E-state index < -0.39 is 0 Å². The summed E-state index contributed by atoms with van der Waals surface area (Å²) < 4.78 is 0. The minimum atomic E-state index is 0.0164. The van der Waals surface area contributed by atoms with Crippen molar-refractivity contribution in [1.82, 2.24) is 0 Å². The number of Topliss-reactive ketones (excluding diaryl/α,β-unsaturated/α-hetero) is 1. The van der Waals surface area contributed by atoms with Gasteiger partial charge in [-0.1, -0.05) is 53.6 Å². The summed E-state index contributed by atoms with van der Waals surface area (Å²) >= 11 is 9.25. The summed E-state index contributed by atoms with van der Waals surface area (Å²) in [6.45, 7) is 2.07. The Morgan fingerprint density at radius 1 is 0.929 bits per heavy atom. The Balaban J connectivity index is 1.87. The highest BCUT2D eigenvalue weighted by molar-refractivity contribution is 8.03. The van der Waals surface area contributed by atoms with Crippen molar-refractivity contribution in [3.05, 3.63) is 105 Å². The Morgan fingerprint density at radius 2 is 1.57 bits per heavy atom. The third-order valence-corrected chi connectivity index (χ3v) is 6.35. The van der Waals surface area contributed by atoms with Gasteiger partial charge in [0.15, 0.2) is 5.78 Å². The lowest BCUT2D eigenvalue weighted by Gasteiger charge is -2.08. The second-order valence-corrected chi connectivity index (χ2v) is 8.73. The molecule has 3 aromatic carbocycles. The summed E-state index contributed by atoms with van der Waals surface area (Å²) in [5, 5.41) is 0.627. The number of ketones is 1. The zero-order valence-corrected chi connectivity index (χ0v) is 18.2. The number of halogens is 1. The van der Waals surface area contributed by atoms with E-state index in [0.717, 1.165) is 16.2 Å². The van der Waals surface area contributed by atoms with Gasteiger partial charge in [0.1, 0.15) is 0 Å². The molecule has 3 aromatic rings. The number of thioether (sulfide) groups is 2. The third-order valence-electron chi connectivity index (χ3n) is 4.26. The zero-order valence-electron chi connectivity index (χ0n) is 15.8. The molecular formula is C24H21ClOS2. The van der Waals surface area contributed by atoms with Crippen LogP contribution in [0, 0.1) is 6.92 Å². The lowest BCUT2D eigenvalue weighted by atomic mass is 10.1. The summed E-state index contributed by atoms with van der Waals surface area (Å²) in [4.78, 5) is 15.0. The van der Waals surface area contributed by atoms with Gasteiger partial charge in [-0.3, -0.25) is 4.79 Å². The quantitative estimate of drug-likeness (QED) is 0.221. The summed E-state index contributed by atoms with van der Waals surface area (Å²) in [6, 6.07) is 23.7. The van der Waals surface area contributed by atoms with Crippen LogP contribution in [0.15, 0.2) is 82.6 Å². The molecule has 142 valence electrons. The fraction of sp³-hybridized carbons (Fsp3) is 0.125. The normalized spacial score (nSPS) is 11.5. The first-order valence-electron chi connectivity index (χ1n) is 8.89. The highest BCUT2D eigenvalue weighted by Crippen LogP contribution is 2.28. The van der Waals surface area contributed by atoms with Gasteiger partial charge in [-0.25, -0.2) is 0 Å². The van der Waals surface area contributed by atoms with Gasteiger partial charge in [-0.05, 0) is 66.8 Å². The molecule has 0 fully saturated rings. The van der Waals surface area contributed by atoms with E-state index in [1.54, 1.807) is 47.8 Å². The van der Waals surface area contributed by atoms with Crippen LogP contribution in [-0.4, -0.2) is 12.0 Å². The smallest absolute Gasteiger partial charge is 0.199 e. The van der Waals surface area contributed by atoms with Crippen molar-refractivity contribution in [3.8, 4) is 0 Å². The van der Waals surface area contributed by atoms with Crippen LogP contribution in [0.1, 0.15) is 27.0 Å². The molecule has 0 saturated heterocycles. The largest absolute Gasteiger partial charge is 0.288 e. The number of rotatable bonds is 7. The third kappa shape index (κ3) is 5.78. The highest BCUT2D eigenvalue weighted by Gasteiger charge is 2.14. The molecular weight excluding hydrogens is 404 g/mol. The van der Waals surface area contributed by atoms with Gasteiger partial charge >= 0.3 is 0 Å². The standard InChI is InChI=1S/C24H21ClOS2/c1-17-3-5-19(6-4-17)16-28-23(15-18-7-13-22(27-2)14-8-18)24(26)20-9-11-21(25)12-10-20/h3-15H,16H2,1-2H3. The summed E-state index contributed by atoms with van der Waals surface area (Å²) in [5.74, 6) is 0.761. The average molecular weight is 425 g/mol. The molecule has 0 unspecified atom stereocenters. The van der Waals surface area contributed by atoms with Crippen molar-refractivity contribution in [2.45, 2.75) is 17.6 Å². The number of hydrogen-bond donors (Lipinski definition) is 0. The van der Waals surface area contributed by atoms with E-state index in [9.17, 15) is 4.79 Å². The SMILES string of the molecule is CSc1ccc(C=C(SCc2ccc(C)cc2)C(=O)c2ccc(Cl)cc2)cc1. The number of carbonyl (C=O) groups is 1. The fourth-order valence-corrected chi connectivity index (χ4v) is 4.13. The summed E-state index contributed by atoms with van der Waals surface area (Å²) in [5.41, 5.74) is 4.10. The van der Waals surface area contributed by atoms with Gasteiger partial charge in [0.2, 0.25) is 0 Å². The minimum Gasteiger partial charge on any atom is -0.288 e. The monoisotopic (exact) mass is 424 g/mol. The van der Waals surface area contributed by atoms with E-state index in [4.69, 9.17) is 11.6 Å². The van der Waals surface area contributed by atoms with Crippen LogP contribution in [0.2, 0.25) is 5.02 Å². The predicted octanol–water partition coefficient (Wildman–Crippen LogP) is 7.53. The second kappa shape index (κ2) is 10.0. The van der Waals surface area contributed by atoms with Gasteiger partial charge in [0.05, 0.1) is 4.91 Å². The molecule has 28 heavy (non-hydrogen) atoms. The first-order chi connectivity index (χ1) is 13.5. The number of carbonyl (C=O) groups excluding carboxylic acids is 1. The van der Waals surface area contributed by atoms with Crippen LogP contribution in [0.4, 0.5) is 0 Å². The van der Waals surface area contributed by atoms with Crippen LogP contribution in [0.25, 0.3) is 6.08 Å². The van der Waals surface area contributed by atoms with Crippen molar-refractivity contribution in [2.75, 3.05) is 6.26 Å². The molecule has 0 saturated carbocycles. The maximum absolute atomic E-state index is 13.1. The first-order valence-corrected chi connectivity index (χ1v) is 11.5. The molecule has 0 aliphatic carbocycles. The number of benzene rings is 3. The second-order valence-electron chi connectivity index (χ2n) is 6.39. The van der Waals surface area contributed by atoms with E-state index in [0.29, 0.717) is 10.6 Å². The molecule has 0 atom stereocenters. The Bertz CT molecular complexity index is 959. The van der Waals surface area contributed by atoms with E-state index >= 15 is 0 Å². The van der Waals surface area contributed by atoms with E-state index in [1.165, 1.54) is 16.0 Å². The molecule has 0 aliphatic rings. The molecule has 0 radical (unpaired) electrons. The molecule has 0 heterocycles. The predicted molar refractivity (Wildman–Crippen MR) is 124 cm³/mol. The maximum atomic E-state index is 13.1. The molecule has 3 rings (SSSR count). The molecule has 1 nitrogen and oxygen atoms in total. The Labute approximate surface area is 180 Å². The summed E-state index contributed by atoms with van der Waals surface area (Å²) in [7, 11) is 0. The Kier molecular flexibility index (Phi) is 7.43. The van der Waals surface area contributed by atoms with E-state index in [1.807, 2.05) is 18.2 Å². The van der Waals surface area contributed by atoms with Crippen LogP contribution in [0.3, 0.4) is 0 Å². The van der Waals surface area contributed by atoms with Crippen molar-refractivity contribution in [2.24, 2.45) is 0 Å². The van der Waals surface area contributed by atoms with Crippen LogP contribution in [0.5, 0.6) is 0 Å². The lowest BCUT2D eigenvalue weighted by molar-refractivity contribution is 0.104. The lowest BCUT2D eigenvalue weighted by Crippen LogP contribution is -2.01. The number of hydrogen-bond acceptors (Lipinski definition) is 3. The van der Waals surface area contributed by atoms with Gasteiger partial charge in [-0.2, -0.15) is 0 Å². The van der Waals surface area contributed by atoms with Gasteiger partial charge < -0.3 is 0 Å². The highest BCUT2D eigenvalue weighted by atomic mass is 35.5. The van der Waals surface area contributed by atoms with E-state index in [2.05, 4.69) is 49.6 Å². The van der Waals surface area contributed by atoms with Crippen molar-refractivity contribution < 1.29 is 4.79 Å². The molecule has 4 heteroatoms. The number of allylic oxidation sites excluding steroid dienone is 1.